The highest BCUT2D eigenvalue weighted by atomic mass is 32.1. The summed E-state index contributed by atoms with van der Waals surface area (Å²) in [6.45, 7) is 13.7. The highest BCUT2D eigenvalue weighted by Gasteiger charge is 2.28. The number of rotatable bonds is 5. The fraction of sp³-hybridized carbons (Fsp3) is 0.696. The molecule has 2 aromatic heterocycles. The minimum Gasteiger partial charge on any atom is -0.356 e. The molecule has 1 amide bonds. The summed E-state index contributed by atoms with van der Waals surface area (Å²) in [7, 11) is 0. The number of hydrogen-bond acceptors (Lipinski definition) is 6. The summed E-state index contributed by atoms with van der Waals surface area (Å²) in [5.41, 5.74) is 1.28. The first-order chi connectivity index (χ1) is 14.4. The molecule has 0 spiro atoms. The standard InChI is InChI=1S/C23H35N5OS/c1-15-6-5-9-28(13-15)16(2)12-24-22(29)19-7-10-27(11-8-19)21-20-17(3)18(4)30-23(20)26-14-25-21/h14-16,19H,5-13H2,1-4H3,(H,24,29). The molecule has 2 atom stereocenters. The summed E-state index contributed by atoms with van der Waals surface area (Å²) in [6.07, 6.45) is 6.05. The number of hydrogen-bond donors (Lipinski definition) is 1. The molecular formula is C23H35N5OS. The Bertz CT molecular complexity index is 889. The Morgan fingerprint density at radius 3 is 2.73 bits per heavy atom. The SMILES string of the molecule is Cc1sc2ncnc(N3CCC(C(=O)NCC(C)N4CCCC(C)C4)CC3)c2c1C. The van der Waals surface area contributed by atoms with Gasteiger partial charge in [0.2, 0.25) is 5.91 Å². The molecule has 2 fully saturated rings. The largest absolute Gasteiger partial charge is 0.356 e. The van der Waals surface area contributed by atoms with E-state index in [0.29, 0.717) is 6.04 Å². The monoisotopic (exact) mass is 429 g/mol. The Hall–Kier alpha value is -1.73. The zero-order valence-electron chi connectivity index (χ0n) is 18.8. The third-order valence-electron chi connectivity index (χ3n) is 6.99. The van der Waals surface area contributed by atoms with Gasteiger partial charge in [-0.05, 0) is 64.5 Å². The highest BCUT2D eigenvalue weighted by molar-refractivity contribution is 7.18. The molecule has 30 heavy (non-hydrogen) atoms. The number of carbonyl (C=O) groups excluding carboxylic acids is 1. The first-order valence-electron chi connectivity index (χ1n) is 11.4. The summed E-state index contributed by atoms with van der Waals surface area (Å²) in [5, 5.41) is 4.43. The second-order valence-electron chi connectivity index (χ2n) is 9.26. The van der Waals surface area contributed by atoms with Crippen molar-refractivity contribution in [3.63, 3.8) is 0 Å². The van der Waals surface area contributed by atoms with E-state index in [1.807, 2.05) is 0 Å². The quantitative estimate of drug-likeness (QED) is 0.784. The van der Waals surface area contributed by atoms with Crippen LogP contribution in [0.15, 0.2) is 6.33 Å². The molecule has 0 aliphatic carbocycles. The maximum Gasteiger partial charge on any atom is 0.223 e. The van der Waals surface area contributed by atoms with Crippen molar-refractivity contribution in [1.29, 1.82) is 0 Å². The zero-order chi connectivity index (χ0) is 21.3. The molecule has 0 aromatic carbocycles. The maximum absolute atomic E-state index is 12.8. The molecular weight excluding hydrogens is 394 g/mol. The molecule has 0 saturated carbocycles. The number of piperidine rings is 2. The number of amides is 1. The van der Waals surface area contributed by atoms with Gasteiger partial charge in [-0.25, -0.2) is 9.97 Å². The van der Waals surface area contributed by atoms with E-state index in [2.05, 4.69) is 52.8 Å². The van der Waals surface area contributed by atoms with Gasteiger partial charge >= 0.3 is 0 Å². The van der Waals surface area contributed by atoms with E-state index in [1.54, 1.807) is 17.7 Å². The van der Waals surface area contributed by atoms with Gasteiger partial charge < -0.3 is 10.2 Å². The van der Waals surface area contributed by atoms with E-state index in [4.69, 9.17) is 0 Å². The minimum absolute atomic E-state index is 0.108. The second kappa shape index (κ2) is 9.18. The molecule has 6 nitrogen and oxygen atoms in total. The molecule has 2 saturated heterocycles. The summed E-state index contributed by atoms with van der Waals surface area (Å²) in [4.78, 5) is 29.1. The molecule has 7 heteroatoms. The van der Waals surface area contributed by atoms with Crippen LogP contribution in [0.2, 0.25) is 0 Å². The Morgan fingerprint density at radius 2 is 2.00 bits per heavy atom. The second-order valence-corrected chi connectivity index (χ2v) is 10.5. The third-order valence-corrected chi connectivity index (χ3v) is 8.11. The van der Waals surface area contributed by atoms with Gasteiger partial charge in [0.05, 0.1) is 5.39 Å². The third kappa shape index (κ3) is 4.47. The van der Waals surface area contributed by atoms with Crippen LogP contribution < -0.4 is 10.2 Å². The van der Waals surface area contributed by atoms with Crippen LogP contribution in [0, 0.1) is 25.7 Å². The van der Waals surface area contributed by atoms with Crippen LogP contribution in [0.3, 0.4) is 0 Å². The smallest absolute Gasteiger partial charge is 0.223 e. The lowest BCUT2D eigenvalue weighted by Crippen LogP contribution is -2.48. The molecule has 2 aliphatic heterocycles. The van der Waals surface area contributed by atoms with Crippen molar-refractivity contribution in [2.75, 3.05) is 37.6 Å². The van der Waals surface area contributed by atoms with Crippen molar-refractivity contribution in [2.24, 2.45) is 11.8 Å². The summed E-state index contributed by atoms with van der Waals surface area (Å²) < 4.78 is 0. The van der Waals surface area contributed by atoms with Gasteiger partial charge in [-0.3, -0.25) is 9.69 Å². The molecule has 4 rings (SSSR count). The van der Waals surface area contributed by atoms with Gasteiger partial charge in [-0.1, -0.05) is 6.92 Å². The van der Waals surface area contributed by atoms with Crippen LogP contribution in [0.5, 0.6) is 0 Å². The number of thiophene rings is 1. The maximum atomic E-state index is 12.8. The van der Waals surface area contributed by atoms with Gasteiger partial charge in [-0.15, -0.1) is 11.3 Å². The Labute approximate surface area is 184 Å². The first-order valence-corrected chi connectivity index (χ1v) is 12.2. The number of anilines is 1. The van der Waals surface area contributed by atoms with Gasteiger partial charge in [0.25, 0.3) is 0 Å². The van der Waals surface area contributed by atoms with E-state index in [9.17, 15) is 4.79 Å². The number of aryl methyl sites for hydroxylation is 2. The van der Waals surface area contributed by atoms with Gasteiger partial charge in [0, 0.05) is 43.0 Å². The molecule has 1 N–H and O–H groups in total. The summed E-state index contributed by atoms with van der Waals surface area (Å²) in [6, 6.07) is 0.413. The molecule has 2 aliphatic rings. The lowest BCUT2D eigenvalue weighted by molar-refractivity contribution is -0.125. The van der Waals surface area contributed by atoms with Gasteiger partial charge in [0.15, 0.2) is 0 Å². The van der Waals surface area contributed by atoms with Crippen molar-refractivity contribution in [2.45, 2.75) is 59.4 Å². The Kier molecular flexibility index (Phi) is 6.58. The predicted octanol–water partition coefficient (Wildman–Crippen LogP) is 3.76. The van der Waals surface area contributed by atoms with Crippen LogP contribution in [0.1, 0.15) is 50.0 Å². The lowest BCUT2D eigenvalue weighted by Gasteiger charge is -2.36. The molecule has 2 unspecified atom stereocenters. The van der Waals surface area contributed by atoms with Crippen molar-refractivity contribution in [3.05, 3.63) is 16.8 Å². The van der Waals surface area contributed by atoms with Crippen molar-refractivity contribution in [3.8, 4) is 0 Å². The van der Waals surface area contributed by atoms with Crippen LogP contribution in [0.25, 0.3) is 10.2 Å². The number of fused-ring (bicyclic) bond motifs is 1. The number of likely N-dealkylation sites (tertiary alicyclic amines) is 1. The minimum atomic E-state index is 0.108. The Balaban J connectivity index is 1.31. The molecule has 0 radical (unpaired) electrons. The number of nitrogens with zero attached hydrogens (tertiary/aromatic N) is 4. The number of nitrogens with one attached hydrogen (secondary N) is 1. The fourth-order valence-corrected chi connectivity index (χ4v) is 5.90. The normalized spacial score (nSPS) is 22.4. The van der Waals surface area contributed by atoms with Crippen molar-refractivity contribution in [1.82, 2.24) is 20.2 Å². The fourth-order valence-electron chi connectivity index (χ4n) is 4.90. The average molecular weight is 430 g/mol. The molecule has 164 valence electrons. The van der Waals surface area contributed by atoms with E-state index in [0.717, 1.165) is 62.1 Å². The van der Waals surface area contributed by atoms with Crippen LogP contribution >= 0.6 is 11.3 Å². The molecule has 0 bridgehead atoms. The van der Waals surface area contributed by atoms with Crippen molar-refractivity contribution < 1.29 is 4.79 Å². The average Bonchev–Trinajstić information content (AvgIpc) is 3.05. The lowest BCUT2D eigenvalue weighted by atomic mass is 9.95. The molecule has 4 heterocycles. The topological polar surface area (TPSA) is 61.4 Å². The number of carbonyl (C=O) groups is 1. The highest BCUT2D eigenvalue weighted by Crippen LogP contribution is 2.35. The summed E-state index contributed by atoms with van der Waals surface area (Å²) >= 11 is 1.74. The van der Waals surface area contributed by atoms with Gasteiger partial charge in [0.1, 0.15) is 17.0 Å². The zero-order valence-corrected chi connectivity index (χ0v) is 19.6. The molecule has 2 aromatic rings. The van der Waals surface area contributed by atoms with E-state index >= 15 is 0 Å². The van der Waals surface area contributed by atoms with E-state index in [-0.39, 0.29) is 11.8 Å². The first kappa shape index (κ1) is 21.5. The van der Waals surface area contributed by atoms with Crippen LogP contribution in [-0.4, -0.2) is 59.5 Å². The summed E-state index contributed by atoms with van der Waals surface area (Å²) in [5.74, 6) is 2.14. The predicted molar refractivity (Wildman–Crippen MR) is 124 cm³/mol. The Morgan fingerprint density at radius 1 is 1.23 bits per heavy atom. The van der Waals surface area contributed by atoms with Gasteiger partial charge in [-0.2, -0.15) is 0 Å². The van der Waals surface area contributed by atoms with Crippen molar-refractivity contribution >= 4 is 33.3 Å². The van der Waals surface area contributed by atoms with Crippen LogP contribution in [0.4, 0.5) is 5.82 Å². The van der Waals surface area contributed by atoms with E-state index in [1.165, 1.54) is 28.7 Å². The number of aromatic nitrogens is 2. The van der Waals surface area contributed by atoms with Crippen LogP contribution in [-0.2, 0) is 4.79 Å². The van der Waals surface area contributed by atoms with E-state index < -0.39 is 0 Å².